The molecule has 0 amide bonds. The van der Waals surface area contributed by atoms with Crippen LogP contribution in [0.15, 0.2) is 28.9 Å². The minimum Gasteiger partial charge on any atom is -0.362 e. The van der Waals surface area contributed by atoms with Crippen LogP contribution in [-0.2, 0) is 0 Å². The van der Waals surface area contributed by atoms with Gasteiger partial charge in [0.1, 0.15) is 12.0 Å². The number of nitrogens with zero attached hydrogens (tertiary/aromatic N) is 2. The predicted molar refractivity (Wildman–Crippen MR) is 80.0 cm³/mol. The first-order valence-electron chi connectivity index (χ1n) is 5.29. The van der Waals surface area contributed by atoms with Gasteiger partial charge in [0.2, 0.25) is 0 Å². The first kappa shape index (κ1) is 14.2. The summed E-state index contributed by atoms with van der Waals surface area (Å²) in [6.07, 6.45) is 1.22. The van der Waals surface area contributed by atoms with Crippen LogP contribution in [0.5, 0.6) is 0 Å². The van der Waals surface area contributed by atoms with Crippen LogP contribution in [0, 0.1) is 10.1 Å². The summed E-state index contributed by atoms with van der Waals surface area (Å²) in [6, 6.07) is 5.20. The Labute approximate surface area is 126 Å². The standard InChI is InChI=1S/C11H9BrClN3O2S/c1-6(9-2-3-10(13)19-9)15-11-8(12)4-7(5-14-11)16(17)18/h2-6H,1H3,(H,14,15). The summed E-state index contributed by atoms with van der Waals surface area (Å²) < 4.78 is 1.27. The topological polar surface area (TPSA) is 68.1 Å². The number of nitro groups is 1. The predicted octanol–water partition coefficient (Wildman–Crippen LogP) is 4.64. The van der Waals surface area contributed by atoms with Crippen molar-refractivity contribution in [2.45, 2.75) is 13.0 Å². The minimum absolute atomic E-state index is 0.0164. The van der Waals surface area contributed by atoms with Crippen LogP contribution in [-0.4, -0.2) is 9.91 Å². The zero-order valence-corrected chi connectivity index (χ0v) is 12.9. The molecular weight excluding hydrogens is 354 g/mol. The highest BCUT2D eigenvalue weighted by Crippen LogP contribution is 2.31. The van der Waals surface area contributed by atoms with E-state index in [1.165, 1.54) is 23.6 Å². The number of rotatable bonds is 4. The highest BCUT2D eigenvalue weighted by Gasteiger charge is 2.14. The molecule has 0 saturated carbocycles. The van der Waals surface area contributed by atoms with Crippen molar-refractivity contribution in [3.63, 3.8) is 0 Å². The van der Waals surface area contributed by atoms with E-state index in [-0.39, 0.29) is 11.7 Å². The Morgan fingerprint density at radius 2 is 2.32 bits per heavy atom. The van der Waals surface area contributed by atoms with Crippen molar-refractivity contribution in [1.29, 1.82) is 0 Å². The number of halogens is 2. The van der Waals surface area contributed by atoms with Crippen LogP contribution in [0.2, 0.25) is 4.34 Å². The Morgan fingerprint density at radius 1 is 1.58 bits per heavy atom. The fraction of sp³-hybridized carbons (Fsp3) is 0.182. The second-order valence-corrected chi connectivity index (χ2v) is 6.39. The second kappa shape index (κ2) is 5.85. The summed E-state index contributed by atoms with van der Waals surface area (Å²) >= 11 is 10.6. The van der Waals surface area contributed by atoms with E-state index in [2.05, 4.69) is 26.2 Å². The molecule has 1 N–H and O–H groups in total. The SMILES string of the molecule is CC(Nc1ncc([N+](=O)[O-])cc1Br)c1ccc(Cl)s1. The van der Waals surface area contributed by atoms with E-state index in [1.807, 2.05) is 19.1 Å². The van der Waals surface area contributed by atoms with E-state index in [1.54, 1.807) is 0 Å². The van der Waals surface area contributed by atoms with Crippen molar-refractivity contribution in [3.8, 4) is 0 Å². The number of hydrogen-bond acceptors (Lipinski definition) is 5. The summed E-state index contributed by atoms with van der Waals surface area (Å²) in [6.45, 7) is 1.97. The van der Waals surface area contributed by atoms with Crippen LogP contribution in [0.4, 0.5) is 11.5 Å². The molecule has 8 heteroatoms. The molecule has 2 rings (SSSR count). The molecule has 2 aromatic rings. The van der Waals surface area contributed by atoms with Gasteiger partial charge in [0, 0.05) is 10.9 Å². The molecule has 100 valence electrons. The van der Waals surface area contributed by atoms with Crippen molar-refractivity contribution in [2.24, 2.45) is 0 Å². The van der Waals surface area contributed by atoms with Gasteiger partial charge in [-0.05, 0) is 35.0 Å². The van der Waals surface area contributed by atoms with Gasteiger partial charge in [0.25, 0.3) is 5.69 Å². The number of aromatic nitrogens is 1. The zero-order valence-electron chi connectivity index (χ0n) is 9.76. The lowest BCUT2D eigenvalue weighted by Gasteiger charge is -2.13. The molecule has 0 radical (unpaired) electrons. The molecule has 0 bridgehead atoms. The number of pyridine rings is 1. The van der Waals surface area contributed by atoms with E-state index >= 15 is 0 Å². The van der Waals surface area contributed by atoms with Crippen LogP contribution in [0.3, 0.4) is 0 Å². The average molecular weight is 363 g/mol. The van der Waals surface area contributed by atoms with Crippen molar-refractivity contribution in [2.75, 3.05) is 5.32 Å². The third-order valence-corrected chi connectivity index (χ3v) is 4.43. The van der Waals surface area contributed by atoms with Crippen LogP contribution in [0.25, 0.3) is 0 Å². The molecule has 0 spiro atoms. The Morgan fingerprint density at radius 3 is 2.84 bits per heavy atom. The van der Waals surface area contributed by atoms with Gasteiger partial charge in [0.05, 0.1) is 19.8 Å². The van der Waals surface area contributed by atoms with E-state index in [0.717, 1.165) is 9.21 Å². The lowest BCUT2D eigenvalue weighted by molar-refractivity contribution is -0.385. The van der Waals surface area contributed by atoms with Crippen molar-refractivity contribution in [1.82, 2.24) is 4.98 Å². The third-order valence-electron chi connectivity index (χ3n) is 2.41. The number of thiophene rings is 1. The third kappa shape index (κ3) is 3.43. The Hall–Kier alpha value is -1.18. The van der Waals surface area contributed by atoms with Gasteiger partial charge >= 0.3 is 0 Å². The second-order valence-electron chi connectivity index (χ2n) is 3.79. The quantitative estimate of drug-likeness (QED) is 0.635. The van der Waals surface area contributed by atoms with Crippen molar-refractivity contribution in [3.05, 3.63) is 48.2 Å². The monoisotopic (exact) mass is 361 g/mol. The van der Waals surface area contributed by atoms with E-state index in [9.17, 15) is 10.1 Å². The average Bonchev–Trinajstić information content (AvgIpc) is 2.78. The van der Waals surface area contributed by atoms with Gasteiger partial charge in [-0.1, -0.05) is 11.6 Å². The summed E-state index contributed by atoms with van der Waals surface area (Å²) in [4.78, 5) is 15.3. The van der Waals surface area contributed by atoms with Crippen LogP contribution < -0.4 is 5.32 Å². The van der Waals surface area contributed by atoms with E-state index in [4.69, 9.17) is 11.6 Å². The highest BCUT2D eigenvalue weighted by molar-refractivity contribution is 9.10. The lowest BCUT2D eigenvalue weighted by Crippen LogP contribution is -2.07. The van der Waals surface area contributed by atoms with Gasteiger partial charge in [-0.3, -0.25) is 10.1 Å². The van der Waals surface area contributed by atoms with E-state index in [0.29, 0.717) is 10.3 Å². The molecule has 0 aliphatic rings. The fourth-order valence-corrected chi connectivity index (χ4v) is 2.99. The summed E-state index contributed by atoms with van der Waals surface area (Å²) in [5, 5.41) is 13.8. The smallest absolute Gasteiger partial charge is 0.288 e. The molecule has 0 aromatic carbocycles. The van der Waals surface area contributed by atoms with Gasteiger partial charge < -0.3 is 5.32 Å². The minimum atomic E-state index is -0.482. The molecule has 2 aromatic heterocycles. The van der Waals surface area contributed by atoms with Crippen LogP contribution >= 0.6 is 38.9 Å². The molecule has 1 atom stereocenters. The van der Waals surface area contributed by atoms with Gasteiger partial charge in [-0.2, -0.15) is 0 Å². The molecule has 1 unspecified atom stereocenters. The lowest BCUT2D eigenvalue weighted by atomic mass is 10.2. The first-order valence-corrected chi connectivity index (χ1v) is 7.28. The molecule has 0 saturated heterocycles. The van der Waals surface area contributed by atoms with Crippen LogP contribution in [0.1, 0.15) is 17.8 Å². The number of hydrogen-bond donors (Lipinski definition) is 1. The Balaban J connectivity index is 2.17. The van der Waals surface area contributed by atoms with E-state index < -0.39 is 4.92 Å². The molecular formula is C11H9BrClN3O2S. The summed E-state index contributed by atoms with van der Waals surface area (Å²) in [7, 11) is 0. The van der Waals surface area contributed by atoms with Crippen molar-refractivity contribution >= 4 is 50.4 Å². The fourth-order valence-electron chi connectivity index (χ4n) is 1.47. The summed E-state index contributed by atoms with van der Waals surface area (Å²) in [5.74, 6) is 0.558. The largest absolute Gasteiger partial charge is 0.362 e. The van der Waals surface area contributed by atoms with Gasteiger partial charge in [0.15, 0.2) is 0 Å². The number of anilines is 1. The Bertz CT molecular complexity index is 620. The molecule has 19 heavy (non-hydrogen) atoms. The highest BCUT2D eigenvalue weighted by atomic mass is 79.9. The molecule has 0 aliphatic heterocycles. The molecule has 0 aliphatic carbocycles. The summed E-state index contributed by atoms with van der Waals surface area (Å²) in [5.41, 5.74) is -0.0516. The molecule has 0 fully saturated rings. The first-order chi connectivity index (χ1) is 8.97. The maximum absolute atomic E-state index is 10.6. The van der Waals surface area contributed by atoms with Gasteiger partial charge in [-0.25, -0.2) is 4.98 Å². The van der Waals surface area contributed by atoms with Crippen molar-refractivity contribution < 1.29 is 4.92 Å². The zero-order chi connectivity index (χ0) is 14.0. The normalized spacial score (nSPS) is 12.2. The van der Waals surface area contributed by atoms with Gasteiger partial charge in [-0.15, -0.1) is 11.3 Å². The molecule has 2 heterocycles. The maximum atomic E-state index is 10.6. The number of nitrogens with one attached hydrogen (secondary N) is 1. The maximum Gasteiger partial charge on any atom is 0.288 e. The Kier molecular flexibility index (Phi) is 4.38. The molecule has 5 nitrogen and oxygen atoms in total.